The zero-order valence-corrected chi connectivity index (χ0v) is 19.6. The molecule has 5 nitrogen and oxygen atoms in total. The van der Waals surface area contributed by atoms with E-state index in [-0.39, 0.29) is 11.1 Å². The second kappa shape index (κ2) is 9.85. The molecule has 0 saturated heterocycles. The number of halogens is 2. The molecule has 0 fully saturated rings. The van der Waals surface area contributed by atoms with Gasteiger partial charge in [-0.1, -0.05) is 44.0 Å². The number of nitrogens with zero attached hydrogens (tertiary/aromatic N) is 1. The van der Waals surface area contributed by atoms with Crippen molar-refractivity contribution in [3.63, 3.8) is 0 Å². The molecular weight excluding hydrogens is 458 g/mol. The molecular formula is C26H24F2N2O3S. The third-order valence-electron chi connectivity index (χ3n) is 5.95. The first kappa shape index (κ1) is 23.8. The van der Waals surface area contributed by atoms with Gasteiger partial charge in [-0.05, 0) is 49.5 Å². The third kappa shape index (κ3) is 4.77. The van der Waals surface area contributed by atoms with Crippen molar-refractivity contribution >= 4 is 34.4 Å². The van der Waals surface area contributed by atoms with Crippen LogP contribution in [0.15, 0.2) is 42.0 Å². The van der Waals surface area contributed by atoms with Crippen molar-refractivity contribution in [1.29, 1.82) is 0 Å². The van der Waals surface area contributed by atoms with Crippen LogP contribution in [0.2, 0.25) is 0 Å². The Balaban J connectivity index is 1.59. The van der Waals surface area contributed by atoms with Crippen LogP contribution in [0.3, 0.4) is 0 Å². The van der Waals surface area contributed by atoms with E-state index in [1.807, 2.05) is 18.2 Å². The lowest BCUT2D eigenvalue weighted by Gasteiger charge is -2.24. The van der Waals surface area contributed by atoms with Crippen LogP contribution in [0.1, 0.15) is 65.4 Å². The first-order valence-corrected chi connectivity index (χ1v) is 11.9. The van der Waals surface area contributed by atoms with E-state index in [0.717, 1.165) is 60.0 Å². The summed E-state index contributed by atoms with van der Waals surface area (Å²) in [5.41, 5.74) is 2.22. The summed E-state index contributed by atoms with van der Waals surface area (Å²) in [5, 5.41) is 12.0. The predicted octanol–water partition coefficient (Wildman–Crippen LogP) is 6.66. The summed E-state index contributed by atoms with van der Waals surface area (Å²) >= 11 is 1.38. The zero-order chi connectivity index (χ0) is 24.4. The monoisotopic (exact) mass is 482 g/mol. The fraction of sp³-hybridized carbons (Fsp3) is 0.269. The molecule has 0 bridgehead atoms. The number of rotatable bonds is 7. The number of hydrogen-bond donors (Lipinski definition) is 2. The second-order valence-electron chi connectivity index (χ2n) is 8.36. The highest BCUT2D eigenvalue weighted by molar-refractivity contribution is 7.16. The van der Waals surface area contributed by atoms with E-state index in [0.29, 0.717) is 11.0 Å². The van der Waals surface area contributed by atoms with Crippen LogP contribution in [-0.4, -0.2) is 22.0 Å². The molecule has 1 atom stereocenters. The zero-order valence-electron chi connectivity index (χ0n) is 18.8. The minimum atomic E-state index is -1.29. The van der Waals surface area contributed by atoms with Gasteiger partial charge in [-0.3, -0.25) is 10.1 Å². The normalized spacial score (nSPS) is 14.9. The van der Waals surface area contributed by atoms with Crippen molar-refractivity contribution in [2.75, 3.05) is 5.32 Å². The van der Waals surface area contributed by atoms with E-state index in [4.69, 9.17) is 5.11 Å². The maximum absolute atomic E-state index is 14.5. The van der Waals surface area contributed by atoms with Crippen molar-refractivity contribution < 1.29 is 23.5 Å². The maximum atomic E-state index is 14.5. The van der Waals surface area contributed by atoms with Crippen LogP contribution < -0.4 is 5.32 Å². The van der Waals surface area contributed by atoms with Gasteiger partial charge in [0.2, 0.25) is 0 Å². The molecule has 0 saturated carbocycles. The highest BCUT2D eigenvalue weighted by Gasteiger charge is 2.28. The molecule has 176 valence electrons. The Hall–Kier alpha value is -3.39. The molecule has 34 heavy (non-hydrogen) atoms. The lowest BCUT2D eigenvalue weighted by atomic mass is 9.81. The maximum Gasteiger partial charge on any atom is 0.331 e. The molecule has 1 unspecified atom stereocenters. The first-order chi connectivity index (χ1) is 16.3. The lowest BCUT2D eigenvalue weighted by molar-refractivity contribution is -0.132. The van der Waals surface area contributed by atoms with Crippen LogP contribution in [0, 0.1) is 11.6 Å². The van der Waals surface area contributed by atoms with Gasteiger partial charge >= 0.3 is 5.97 Å². The molecule has 1 aliphatic carbocycles. The van der Waals surface area contributed by atoms with Gasteiger partial charge in [0, 0.05) is 27.1 Å². The third-order valence-corrected chi connectivity index (χ3v) is 6.94. The number of carbonyl (C=O) groups is 2. The number of carboxylic acid groups (broad SMARTS) is 1. The molecule has 2 aromatic carbocycles. The Labute approximate surface area is 200 Å². The van der Waals surface area contributed by atoms with Crippen LogP contribution in [0.4, 0.5) is 13.9 Å². The molecule has 4 rings (SSSR count). The SMILES string of the molecule is CCCCC1Cc2sc(NC(=O)c3cc(F)c(/C=C(\C)C(=O)O)c(F)c3)nc2-c2ccccc21. The van der Waals surface area contributed by atoms with E-state index in [1.165, 1.54) is 23.8 Å². The van der Waals surface area contributed by atoms with Crippen molar-refractivity contribution in [1.82, 2.24) is 4.98 Å². The van der Waals surface area contributed by atoms with Gasteiger partial charge in [-0.2, -0.15) is 0 Å². The number of thiazole rings is 1. The van der Waals surface area contributed by atoms with Gasteiger partial charge in [0.1, 0.15) is 11.6 Å². The highest BCUT2D eigenvalue weighted by atomic mass is 32.1. The quantitative estimate of drug-likeness (QED) is 0.369. The molecule has 1 amide bonds. The molecule has 0 radical (unpaired) electrons. The Kier molecular flexibility index (Phi) is 6.88. The fourth-order valence-electron chi connectivity index (χ4n) is 4.17. The van der Waals surface area contributed by atoms with E-state index in [9.17, 15) is 18.4 Å². The number of anilines is 1. The number of amides is 1. The highest BCUT2D eigenvalue weighted by Crippen LogP contribution is 2.44. The van der Waals surface area contributed by atoms with Crippen LogP contribution in [0.25, 0.3) is 17.3 Å². The van der Waals surface area contributed by atoms with Gasteiger partial charge < -0.3 is 5.11 Å². The number of carbonyl (C=O) groups excluding carboxylic acids is 1. The van der Waals surface area contributed by atoms with Gasteiger partial charge in [-0.15, -0.1) is 11.3 Å². The number of aliphatic carboxylic acids is 1. The average Bonchev–Trinajstić information content (AvgIpc) is 3.21. The Morgan fingerprint density at radius 1 is 1.24 bits per heavy atom. The van der Waals surface area contributed by atoms with Crippen molar-refractivity contribution in [2.45, 2.75) is 45.4 Å². The summed E-state index contributed by atoms with van der Waals surface area (Å²) in [6, 6.07) is 9.94. The van der Waals surface area contributed by atoms with Crippen molar-refractivity contribution in [2.24, 2.45) is 0 Å². The second-order valence-corrected chi connectivity index (χ2v) is 9.45. The lowest BCUT2D eigenvalue weighted by Crippen LogP contribution is -2.13. The Morgan fingerprint density at radius 3 is 2.62 bits per heavy atom. The van der Waals surface area contributed by atoms with Crippen LogP contribution >= 0.6 is 11.3 Å². The molecule has 1 aliphatic rings. The van der Waals surface area contributed by atoms with Gasteiger partial charge in [0.05, 0.1) is 5.69 Å². The Bertz CT molecular complexity index is 1280. The number of unbranched alkanes of at least 4 members (excludes halogenated alkanes) is 1. The van der Waals surface area contributed by atoms with Crippen LogP contribution in [-0.2, 0) is 11.2 Å². The first-order valence-electron chi connectivity index (χ1n) is 11.1. The average molecular weight is 483 g/mol. The molecule has 0 spiro atoms. The number of fused-ring (bicyclic) bond motifs is 3. The number of hydrogen-bond acceptors (Lipinski definition) is 4. The summed E-state index contributed by atoms with van der Waals surface area (Å²) in [4.78, 5) is 29.4. The standard InChI is InChI=1S/C26H24F2N2O3S/c1-3-4-7-15-13-22-23(18-9-6-5-8-17(15)18)29-26(34-22)30-24(31)16-11-20(27)19(21(28)12-16)10-14(2)25(32)33/h5-6,8-12,15H,3-4,7,13H2,1-2H3,(H,32,33)(H,29,30,31)/b14-10+. The number of carboxylic acids is 1. The van der Waals surface area contributed by atoms with Gasteiger partial charge in [0.15, 0.2) is 5.13 Å². The minimum Gasteiger partial charge on any atom is -0.478 e. The van der Waals surface area contributed by atoms with E-state index >= 15 is 0 Å². The summed E-state index contributed by atoms with van der Waals surface area (Å²) in [5.74, 6) is -3.61. The summed E-state index contributed by atoms with van der Waals surface area (Å²) < 4.78 is 28.9. The summed E-state index contributed by atoms with van der Waals surface area (Å²) in [6.45, 7) is 3.40. The fourth-order valence-corrected chi connectivity index (χ4v) is 5.22. The van der Waals surface area contributed by atoms with E-state index < -0.39 is 29.1 Å². The molecule has 8 heteroatoms. The van der Waals surface area contributed by atoms with Crippen molar-refractivity contribution in [3.05, 3.63) is 75.2 Å². The van der Waals surface area contributed by atoms with Crippen LogP contribution in [0.5, 0.6) is 0 Å². The summed E-state index contributed by atoms with van der Waals surface area (Å²) in [7, 11) is 0. The molecule has 1 heterocycles. The Morgan fingerprint density at radius 2 is 1.94 bits per heavy atom. The topological polar surface area (TPSA) is 79.3 Å². The van der Waals surface area contributed by atoms with E-state index in [1.54, 1.807) is 0 Å². The van der Waals surface area contributed by atoms with Gasteiger partial charge in [0.25, 0.3) is 5.91 Å². The van der Waals surface area contributed by atoms with E-state index in [2.05, 4.69) is 23.3 Å². The molecule has 1 aromatic heterocycles. The van der Waals surface area contributed by atoms with Crippen molar-refractivity contribution in [3.8, 4) is 11.3 Å². The summed E-state index contributed by atoms with van der Waals surface area (Å²) in [6.07, 6.45) is 5.06. The van der Waals surface area contributed by atoms with Gasteiger partial charge in [-0.25, -0.2) is 18.6 Å². The number of nitrogens with one attached hydrogen (secondary N) is 1. The predicted molar refractivity (Wildman–Crippen MR) is 129 cm³/mol. The molecule has 3 aromatic rings. The largest absolute Gasteiger partial charge is 0.478 e. The minimum absolute atomic E-state index is 0.213. The smallest absolute Gasteiger partial charge is 0.331 e. The molecule has 0 aliphatic heterocycles. The number of aromatic nitrogens is 1. The number of benzene rings is 2. The molecule has 2 N–H and O–H groups in total.